The Labute approximate surface area is 224 Å². The number of benzene rings is 2. The predicted molar refractivity (Wildman–Crippen MR) is 149 cm³/mol. The van der Waals surface area contributed by atoms with Crippen molar-refractivity contribution in [1.82, 2.24) is 14.9 Å². The average Bonchev–Trinajstić information content (AvgIpc) is 3.54. The Morgan fingerprint density at radius 3 is 2.72 bits per heavy atom. The lowest BCUT2D eigenvalue weighted by molar-refractivity contribution is -0.137. The van der Waals surface area contributed by atoms with Crippen molar-refractivity contribution < 1.29 is 18.0 Å². The van der Waals surface area contributed by atoms with E-state index < -0.39 is 17.6 Å². The maximum atomic E-state index is 13.8. The Balaban J connectivity index is 1.45. The monoisotopic (exact) mass is 536 g/mol. The number of fused-ring (bicyclic) bond motifs is 1. The third-order valence-electron chi connectivity index (χ3n) is 7.19. The van der Waals surface area contributed by atoms with Crippen molar-refractivity contribution in [2.45, 2.75) is 19.5 Å². The molecule has 5 rings (SSSR count). The second-order valence-electron chi connectivity index (χ2n) is 10.4. The summed E-state index contributed by atoms with van der Waals surface area (Å²) >= 11 is 0. The number of nitrogens with two attached hydrogens (primary N) is 1. The topological polar surface area (TPSA) is 90.3 Å². The van der Waals surface area contributed by atoms with Gasteiger partial charge in [-0.15, -0.1) is 0 Å². The van der Waals surface area contributed by atoms with Crippen molar-refractivity contribution in [3.05, 3.63) is 71.5 Å². The molecule has 3 heterocycles. The lowest BCUT2D eigenvalue weighted by Gasteiger charge is -2.22. The van der Waals surface area contributed by atoms with Gasteiger partial charge in [0.1, 0.15) is 5.82 Å². The fourth-order valence-corrected chi connectivity index (χ4v) is 5.31. The predicted octanol–water partition coefficient (Wildman–Crippen LogP) is 5.78. The van der Waals surface area contributed by atoms with Crippen LogP contribution in [-0.4, -0.2) is 54.5 Å². The summed E-state index contributed by atoms with van der Waals surface area (Å²) in [5.74, 6) is 0.242. The van der Waals surface area contributed by atoms with Crippen LogP contribution in [-0.2, 0) is 6.18 Å². The van der Waals surface area contributed by atoms with Crippen LogP contribution in [0.4, 0.5) is 30.4 Å². The zero-order valence-corrected chi connectivity index (χ0v) is 22.1. The van der Waals surface area contributed by atoms with Crippen molar-refractivity contribution in [2.24, 2.45) is 5.92 Å². The first-order chi connectivity index (χ1) is 18.5. The maximum absolute atomic E-state index is 13.8. The Bertz CT molecular complexity index is 1530. The number of aromatic amines is 1. The summed E-state index contributed by atoms with van der Waals surface area (Å²) in [5, 5.41) is 3.57. The fraction of sp³-hybridized carbons (Fsp3) is 0.310. The molecule has 0 radical (unpaired) electrons. The highest BCUT2D eigenvalue weighted by Crippen LogP contribution is 2.37. The minimum absolute atomic E-state index is 0.102. The zero-order valence-electron chi connectivity index (χ0n) is 22.1. The summed E-state index contributed by atoms with van der Waals surface area (Å²) in [6, 6.07) is 10.9. The van der Waals surface area contributed by atoms with Crippen LogP contribution in [0, 0.1) is 12.8 Å². The van der Waals surface area contributed by atoms with E-state index in [0.29, 0.717) is 41.6 Å². The second kappa shape index (κ2) is 10.3. The van der Waals surface area contributed by atoms with Gasteiger partial charge >= 0.3 is 6.18 Å². The first-order valence-electron chi connectivity index (χ1n) is 12.8. The van der Waals surface area contributed by atoms with Crippen LogP contribution in [0.25, 0.3) is 22.0 Å². The van der Waals surface area contributed by atoms with Gasteiger partial charge in [0.25, 0.3) is 5.91 Å². The number of pyridine rings is 1. The molecule has 0 aliphatic carbocycles. The minimum atomic E-state index is -4.54. The number of anilines is 3. The van der Waals surface area contributed by atoms with Crippen LogP contribution in [0.15, 0.2) is 54.9 Å². The molecular weight excluding hydrogens is 505 g/mol. The highest BCUT2D eigenvalue weighted by atomic mass is 19.4. The van der Waals surface area contributed by atoms with Gasteiger partial charge in [0.15, 0.2) is 0 Å². The molecule has 1 saturated heterocycles. The van der Waals surface area contributed by atoms with Crippen LogP contribution in [0.1, 0.15) is 27.9 Å². The van der Waals surface area contributed by atoms with Crippen molar-refractivity contribution >= 4 is 34.0 Å². The SMILES string of the molecule is Cc1ccc(C(=O)Nc2cc(N3CC[C@@H](CN(C)C)C3)cc(C(F)(F)F)c2)cc1-c1cnc(N)c2[nH]ccc12. The van der Waals surface area contributed by atoms with Gasteiger partial charge in [0.2, 0.25) is 0 Å². The van der Waals surface area contributed by atoms with Gasteiger partial charge in [-0.3, -0.25) is 4.79 Å². The normalized spacial score (nSPS) is 15.9. The quantitative estimate of drug-likeness (QED) is 0.291. The van der Waals surface area contributed by atoms with E-state index in [4.69, 9.17) is 5.73 Å². The number of carbonyl (C=O) groups is 1. The van der Waals surface area contributed by atoms with E-state index in [9.17, 15) is 18.0 Å². The molecule has 2 aromatic heterocycles. The number of halogens is 3. The number of nitrogen functional groups attached to an aromatic ring is 1. The maximum Gasteiger partial charge on any atom is 0.416 e. The highest BCUT2D eigenvalue weighted by molar-refractivity contribution is 6.06. The average molecular weight is 537 g/mol. The second-order valence-corrected chi connectivity index (χ2v) is 10.4. The summed E-state index contributed by atoms with van der Waals surface area (Å²) in [5.41, 5.74) is 9.28. The van der Waals surface area contributed by atoms with E-state index in [0.717, 1.165) is 47.2 Å². The molecule has 204 valence electrons. The molecule has 2 aromatic carbocycles. The lowest BCUT2D eigenvalue weighted by atomic mass is 9.96. The lowest BCUT2D eigenvalue weighted by Crippen LogP contribution is -2.26. The Morgan fingerprint density at radius 2 is 1.97 bits per heavy atom. The van der Waals surface area contributed by atoms with Crippen LogP contribution < -0.4 is 16.0 Å². The van der Waals surface area contributed by atoms with Gasteiger partial charge < -0.3 is 25.8 Å². The number of nitrogens with zero attached hydrogens (tertiary/aromatic N) is 3. The number of aromatic nitrogens is 2. The van der Waals surface area contributed by atoms with Crippen LogP contribution in [0.2, 0.25) is 0 Å². The molecule has 1 atom stereocenters. The molecule has 39 heavy (non-hydrogen) atoms. The molecule has 0 saturated carbocycles. The molecular formula is C29H31F3N6O. The van der Waals surface area contributed by atoms with E-state index in [1.54, 1.807) is 30.6 Å². The molecule has 0 bridgehead atoms. The third-order valence-corrected chi connectivity index (χ3v) is 7.19. The van der Waals surface area contributed by atoms with Gasteiger partial charge in [0.05, 0.1) is 11.1 Å². The number of carbonyl (C=O) groups excluding carboxylic acids is 1. The summed E-state index contributed by atoms with van der Waals surface area (Å²) in [6.45, 7) is 4.12. The first kappa shape index (κ1) is 26.6. The van der Waals surface area contributed by atoms with Crippen molar-refractivity contribution in [3.8, 4) is 11.1 Å². The fourth-order valence-electron chi connectivity index (χ4n) is 5.31. The number of nitrogens with one attached hydrogen (secondary N) is 2. The molecule has 0 unspecified atom stereocenters. The molecule has 1 amide bonds. The molecule has 1 aliphatic rings. The van der Waals surface area contributed by atoms with Crippen molar-refractivity contribution in [3.63, 3.8) is 0 Å². The molecule has 7 nitrogen and oxygen atoms in total. The Hall–Kier alpha value is -4.05. The van der Waals surface area contributed by atoms with E-state index in [1.807, 2.05) is 38.1 Å². The minimum Gasteiger partial charge on any atom is -0.382 e. The first-order valence-corrected chi connectivity index (χ1v) is 12.8. The summed E-state index contributed by atoms with van der Waals surface area (Å²) in [6.07, 6.45) is -0.212. The highest BCUT2D eigenvalue weighted by Gasteiger charge is 2.33. The van der Waals surface area contributed by atoms with Gasteiger partial charge in [-0.2, -0.15) is 13.2 Å². The number of aryl methyl sites for hydroxylation is 1. The van der Waals surface area contributed by atoms with Crippen molar-refractivity contribution in [2.75, 3.05) is 49.7 Å². The third kappa shape index (κ3) is 5.56. The van der Waals surface area contributed by atoms with Gasteiger partial charge in [-0.25, -0.2) is 4.98 Å². The summed E-state index contributed by atoms with van der Waals surface area (Å²) < 4.78 is 41.4. The van der Waals surface area contributed by atoms with Gasteiger partial charge in [-0.1, -0.05) is 6.07 Å². The molecule has 1 fully saturated rings. The number of H-pyrrole nitrogens is 1. The largest absolute Gasteiger partial charge is 0.416 e. The molecule has 1 aliphatic heterocycles. The molecule has 0 spiro atoms. The number of hydrogen-bond acceptors (Lipinski definition) is 5. The number of hydrogen-bond donors (Lipinski definition) is 3. The molecule has 10 heteroatoms. The Morgan fingerprint density at radius 1 is 1.18 bits per heavy atom. The summed E-state index contributed by atoms with van der Waals surface area (Å²) in [7, 11) is 3.98. The summed E-state index contributed by atoms with van der Waals surface area (Å²) in [4.78, 5) is 24.7. The van der Waals surface area contributed by atoms with Crippen molar-refractivity contribution in [1.29, 1.82) is 0 Å². The zero-order chi connectivity index (χ0) is 27.9. The van der Waals surface area contributed by atoms with E-state index in [1.165, 1.54) is 0 Å². The van der Waals surface area contributed by atoms with E-state index >= 15 is 0 Å². The molecule has 4 N–H and O–H groups in total. The van der Waals surface area contributed by atoms with Gasteiger partial charge in [0, 0.05) is 59.9 Å². The van der Waals surface area contributed by atoms with Crippen LogP contribution >= 0.6 is 0 Å². The van der Waals surface area contributed by atoms with E-state index in [2.05, 4.69) is 20.2 Å². The molecule has 4 aromatic rings. The number of rotatable bonds is 6. The Kier molecular flexibility index (Phi) is 6.98. The smallest absolute Gasteiger partial charge is 0.382 e. The number of amides is 1. The van der Waals surface area contributed by atoms with Crippen LogP contribution in [0.3, 0.4) is 0 Å². The van der Waals surface area contributed by atoms with Gasteiger partial charge in [-0.05, 0) is 80.9 Å². The van der Waals surface area contributed by atoms with E-state index in [-0.39, 0.29) is 5.69 Å². The number of alkyl halides is 3. The van der Waals surface area contributed by atoms with Crippen LogP contribution in [0.5, 0.6) is 0 Å². The standard InChI is InChI=1S/C29H31F3N6O/c1-17-4-5-19(10-24(17)25-14-35-27(33)26-23(25)6-8-34-26)28(39)36-21-11-20(29(30,31)32)12-22(13-21)38-9-7-18(16-38)15-37(2)3/h4-6,8,10-14,18,34H,7,9,15-16H2,1-3H3,(H2,33,35)(H,36,39)/t18-/m0/s1.